The van der Waals surface area contributed by atoms with Gasteiger partial charge in [0, 0.05) is 12.6 Å². The van der Waals surface area contributed by atoms with Gasteiger partial charge in [0.05, 0.1) is 6.26 Å². The SMILES string of the molecule is CS(=O)(=O)N1CC2CC=CCC21. The summed E-state index contributed by atoms with van der Waals surface area (Å²) in [6.07, 6.45) is 7.48. The largest absolute Gasteiger partial charge is 0.212 e. The van der Waals surface area contributed by atoms with Crippen LogP contribution in [0.25, 0.3) is 0 Å². The second kappa shape index (κ2) is 2.57. The molecule has 0 spiro atoms. The van der Waals surface area contributed by atoms with Crippen molar-refractivity contribution in [1.82, 2.24) is 4.31 Å². The third kappa shape index (κ3) is 1.19. The van der Waals surface area contributed by atoms with Crippen molar-refractivity contribution in [3.8, 4) is 0 Å². The van der Waals surface area contributed by atoms with Gasteiger partial charge in [-0.25, -0.2) is 8.42 Å². The zero-order valence-corrected chi connectivity index (χ0v) is 7.92. The van der Waals surface area contributed by atoms with Crippen molar-refractivity contribution < 1.29 is 8.42 Å². The van der Waals surface area contributed by atoms with E-state index in [0.29, 0.717) is 5.92 Å². The van der Waals surface area contributed by atoms with E-state index in [0.717, 1.165) is 19.4 Å². The summed E-state index contributed by atoms with van der Waals surface area (Å²) in [7, 11) is -2.94. The maximum absolute atomic E-state index is 11.2. The molecule has 2 unspecified atom stereocenters. The van der Waals surface area contributed by atoms with E-state index in [-0.39, 0.29) is 6.04 Å². The summed E-state index contributed by atoms with van der Waals surface area (Å²) in [6.45, 7) is 0.730. The fourth-order valence-corrected chi connectivity index (χ4v) is 3.23. The lowest BCUT2D eigenvalue weighted by atomic mass is 9.83. The molecule has 2 rings (SSSR count). The molecule has 0 bridgehead atoms. The summed E-state index contributed by atoms with van der Waals surface area (Å²) in [5.41, 5.74) is 0. The van der Waals surface area contributed by atoms with E-state index in [1.807, 2.05) is 0 Å². The third-order valence-electron chi connectivity index (χ3n) is 2.74. The topological polar surface area (TPSA) is 37.4 Å². The van der Waals surface area contributed by atoms with E-state index < -0.39 is 10.0 Å². The Hall–Kier alpha value is -0.350. The normalized spacial score (nSPS) is 35.8. The van der Waals surface area contributed by atoms with Crippen LogP contribution < -0.4 is 0 Å². The molecule has 0 radical (unpaired) electrons. The van der Waals surface area contributed by atoms with Crippen LogP contribution in [-0.4, -0.2) is 31.6 Å². The van der Waals surface area contributed by atoms with Crippen LogP contribution in [0.4, 0.5) is 0 Å². The molecule has 0 amide bonds. The molecule has 3 nitrogen and oxygen atoms in total. The molecule has 2 aliphatic rings. The van der Waals surface area contributed by atoms with Gasteiger partial charge < -0.3 is 0 Å². The van der Waals surface area contributed by atoms with Crippen molar-refractivity contribution in [3.63, 3.8) is 0 Å². The Kier molecular flexibility index (Phi) is 1.77. The van der Waals surface area contributed by atoms with Crippen LogP contribution in [0.5, 0.6) is 0 Å². The first-order valence-electron chi connectivity index (χ1n) is 4.21. The molecule has 4 heteroatoms. The standard InChI is InChI=1S/C8H13NO2S/c1-12(10,11)9-6-7-4-2-3-5-8(7)9/h2-3,7-8H,4-6H2,1H3. The average molecular weight is 187 g/mol. The van der Waals surface area contributed by atoms with Gasteiger partial charge in [0.1, 0.15) is 0 Å². The van der Waals surface area contributed by atoms with Crippen LogP contribution in [0.1, 0.15) is 12.8 Å². The van der Waals surface area contributed by atoms with Gasteiger partial charge >= 0.3 is 0 Å². The molecule has 1 heterocycles. The summed E-state index contributed by atoms with van der Waals surface area (Å²) < 4.78 is 24.0. The first-order chi connectivity index (χ1) is 5.59. The Balaban J connectivity index is 2.13. The predicted molar refractivity (Wildman–Crippen MR) is 47.2 cm³/mol. The Morgan fingerprint density at radius 1 is 1.33 bits per heavy atom. The van der Waals surface area contributed by atoms with E-state index in [1.165, 1.54) is 6.26 Å². The molecule has 0 saturated carbocycles. The van der Waals surface area contributed by atoms with Gasteiger partial charge in [0.2, 0.25) is 10.0 Å². The second-order valence-electron chi connectivity index (χ2n) is 3.60. The van der Waals surface area contributed by atoms with Gasteiger partial charge in [0.15, 0.2) is 0 Å². The van der Waals surface area contributed by atoms with E-state index in [1.54, 1.807) is 4.31 Å². The Labute approximate surface area is 73.1 Å². The minimum atomic E-state index is -2.94. The van der Waals surface area contributed by atoms with Gasteiger partial charge in [-0.2, -0.15) is 4.31 Å². The van der Waals surface area contributed by atoms with Crippen molar-refractivity contribution in [2.45, 2.75) is 18.9 Å². The fraction of sp³-hybridized carbons (Fsp3) is 0.750. The maximum atomic E-state index is 11.2. The zero-order chi connectivity index (χ0) is 8.77. The molecule has 1 aliphatic heterocycles. The highest BCUT2D eigenvalue weighted by Crippen LogP contribution is 2.35. The van der Waals surface area contributed by atoms with Crippen molar-refractivity contribution in [3.05, 3.63) is 12.2 Å². The molecule has 1 saturated heterocycles. The first-order valence-corrected chi connectivity index (χ1v) is 6.05. The summed E-state index contributed by atoms with van der Waals surface area (Å²) >= 11 is 0. The molecule has 0 aromatic rings. The molecular formula is C8H13NO2S. The Bertz CT molecular complexity index is 307. The predicted octanol–water partition coefficient (Wildman–Crippen LogP) is 0.596. The van der Waals surface area contributed by atoms with Gasteiger partial charge in [0.25, 0.3) is 0 Å². The van der Waals surface area contributed by atoms with Gasteiger partial charge in [-0.15, -0.1) is 0 Å². The molecule has 12 heavy (non-hydrogen) atoms. The lowest BCUT2D eigenvalue weighted by Gasteiger charge is -2.47. The van der Waals surface area contributed by atoms with Gasteiger partial charge in [-0.1, -0.05) is 12.2 Å². The van der Waals surface area contributed by atoms with Crippen LogP contribution in [0.15, 0.2) is 12.2 Å². The minimum Gasteiger partial charge on any atom is -0.212 e. The zero-order valence-electron chi connectivity index (χ0n) is 7.10. The fourth-order valence-electron chi connectivity index (χ4n) is 2.01. The molecule has 2 atom stereocenters. The van der Waals surface area contributed by atoms with Gasteiger partial charge in [-0.3, -0.25) is 0 Å². The van der Waals surface area contributed by atoms with Crippen molar-refractivity contribution in [2.75, 3.05) is 12.8 Å². The number of allylic oxidation sites excluding steroid dienone is 1. The Morgan fingerprint density at radius 2 is 2.00 bits per heavy atom. The molecular weight excluding hydrogens is 174 g/mol. The Morgan fingerprint density at radius 3 is 2.58 bits per heavy atom. The quantitative estimate of drug-likeness (QED) is 0.564. The molecule has 0 N–H and O–H groups in total. The third-order valence-corrected chi connectivity index (χ3v) is 4.01. The van der Waals surface area contributed by atoms with E-state index in [2.05, 4.69) is 12.2 Å². The summed E-state index contributed by atoms with van der Waals surface area (Å²) in [5.74, 6) is 0.588. The molecule has 1 aliphatic carbocycles. The van der Waals surface area contributed by atoms with Crippen LogP contribution in [0, 0.1) is 5.92 Å². The first kappa shape index (κ1) is 8.26. The lowest BCUT2D eigenvalue weighted by Crippen LogP contribution is -2.58. The second-order valence-corrected chi connectivity index (χ2v) is 5.54. The average Bonchev–Trinajstić information content (AvgIpc) is 1.88. The van der Waals surface area contributed by atoms with Crippen LogP contribution >= 0.6 is 0 Å². The van der Waals surface area contributed by atoms with Crippen LogP contribution in [0.2, 0.25) is 0 Å². The number of nitrogens with zero attached hydrogens (tertiary/aromatic N) is 1. The summed E-state index contributed by atoms with van der Waals surface area (Å²) in [4.78, 5) is 0. The highest BCUT2D eigenvalue weighted by atomic mass is 32.2. The highest BCUT2D eigenvalue weighted by molar-refractivity contribution is 7.88. The molecule has 1 fully saturated rings. The van der Waals surface area contributed by atoms with Crippen molar-refractivity contribution in [2.24, 2.45) is 5.92 Å². The van der Waals surface area contributed by atoms with Crippen molar-refractivity contribution >= 4 is 10.0 Å². The smallest absolute Gasteiger partial charge is 0.211 e. The lowest BCUT2D eigenvalue weighted by molar-refractivity contribution is 0.0998. The minimum absolute atomic E-state index is 0.269. The number of hydrogen-bond acceptors (Lipinski definition) is 2. The number of rotatable bonds is 1. The van der Waals surface area contributed by atoms with Gasteiger partial charge in [-0.05, 0) is 18.8 Å². The summed E-state index contributed by atoms with van der Waals surface area (Å²) in [6, 6.07) is 0.269. The number of sulfonamides is 1. The molecule has 0 aromatic carbocycles. The molecule has 0 aromatic heterocycles. The van der Waals surface area contributed by atoms with E-state index in [9.17, 15) is 8.42 Å². The monoisotopic (exact) mass is 187 g/mol. The van der Waals surface area contributed by atoms with E-state index in [4.69, 9.17) is 0 Å². The van der Waals surface area contributed by atoms with E-state index >= 15 is 0 Å². The van der Waals surface area contributed by atoms with Crippen LogP contribution in [0.3, 0.4) is 0 Å². The summed E-state index contributed by atoms with van der Waals surface area (Å²) in [5, 5.41) is 0. The number of fused-ring (bicyclic) bond motifs is 1. The van der Waals surface area contributed by atoms with Crippen LogP contribution in [-0.2, 0) is 10.0 Å². The van der Waals surface area contributed by atoms with Crippen molar-refractivity contribution in [1.29, 1.82) is 0 Å². The number of hydrogen-bond donors (Lipinski definition) is 0. The maximum Gasteiger partial charge on any atom is 0.211 e. The molecule has 68 valence electrons. The highest BCUT2D eigenvalue weighted by Gasteiger charge is 2.43.